The summed E-state index contributed by atoms with van der Waals surface area (Å²) in [6.07, 6.45) is 1.77. The smallest absolute Gasteiger partial charge is 0.165 e. The van der Waals surface area contributed by atoms with Crippen molar-refractivity contribution in [3.05, 3.63) is 29.8 Å². The van der Waals surface area contributed by atoms with Gasteiger partial charge in [0.15, 0.2) is 11.6 Å². The van der Waals surface area contributed by atoms with Gasteiger partial charge in [0.25, 0.3) is 0 Å². The molecule has 0 atom stereocenters. The minimum Gasteiger partial charge on any atom is -0.490 e. The molecule has 17 heavy (non-hydrogen) atoms. The van der Waals surface area contributed by atoms with Crippen molar-refractivity contribution in [1.82, 2.24) is 5.32 Å². The molecule has 0 amide bonds. The third kappa shape index (κ3) is 5.63. The fourth-order valence-electron chi connectivity index (χ4n) is 1.39. The van der Waals surface area contributed by atoms with Gasteiger partial charge in [-0.25, -0.2) is 8.78 Å². The molecule has 0 saturated heterocycles. The van der Waals surface area contributed by atoms with Gasteiger partial charge in [-0.15, -0.1) is 0 Å². The Kier molecular flexibility index (Phi) is 5.91. The lowest BCUT2D eigenvalue weighted by atomic mass is 10.3. The molecule has 0 saturated carbocycles. The van der Waals surface area contributed by atoms with E-state index in [-0.39, 0.29) is 5.75 Å². The van der Waals surface area contributed by atoms with E-state index in [1.54, 1.807) is 0 Å². The van der Waals surface area contributed by atoms with Gasteiger partial charge in [-0.05, 0) is 31.5 Å². The van der Waals surface area contributed by atoms with Crippen molar-refractivity contribution in [3.8, 4) is 5.75 Å². The minimum absolute atomic E-state index is 0.0122. The van der Waals surface area contributed by atoms with Gasteiger partial charge in [-0.3, -0.25) is 0 Å². The van der Waals surface area contributed by atoms with Crippen molar-refractivity contribution < 1.29 is 13.5 Å². The molecular formula is C13H19F2NO. The molecule has 0 aliphatic heterocycles. The molecule has 4 heteroatoms. The highest BCUT2D eigenvalue weighted by atomic mass is 19.1. The Morgan fingerprint density at radius 3 is 2.71 bits per heavy atom. The molecule has 0 aromatic heterocycles. The second-order valence-corrected chi connectivity index (χ2v) is 4.24. The van der Waals surface area contributed by atoms with Crippen LogP contribution in [-0.2, 0) is 0 Å². The zero-order valence-corrected chi connectivity index (χ0v) is 10.3. The first-order chi connectivity index (χ1) is 8.09. The van der Waals surface area contributed by atoms with Crippen LogP contribution in [0.2, 0.25) is 0 Å². The lowest BCUT2D eigenvalue weighted by molar-refractivity contribution is 0.289. The van der Waals surface area contributed by atoms with E-state index in [9.17, 15) is 8.78 Å². The van der Waals surface area contributed by atoms with Gasteiger partial charge >= 0.3 is 0 Å². The summed E-state index contributed by atoms with van der Waals surface area (Å²) in [4.78, 5) is 0. The zero-order chi connectivity index (χ0) is 12.7. The second-order valence-electron chi connectivity index (χ2n) is 4.24. The van der Waals surface area contributed by atoms with E-state index in [2.05, 4.69) is 19.2 Å². The molecule has 0 aliphatic carbocycles. The van der Waals surface area contributed by atoms with Crippen molar-refractivity contribution in [2.24, 2.45) is 0 Å². The molecular weight excluding hydrogens is 224 g/mol. The van der Waals surface area contributed by atoms with Gasteiger partial charge in [0, 0.05) is 12.1 Å². The number of ether oxygens (including phenoxy) is 1. The summed E-state index contributed by atoms with van der Waals surface area (Å²) in [6, 6.07) is 3.69. The van der Waals surface area contributed by atoms with Crippen LogP contribution in [0.4, 0.5) is 8.78 Å². The fraction of sp³-hybridized carbons (Fsp3) is 0.538. The monoisotopic (exact) mass is 243 g/mol. The number of hydrogen-bond acceptors (Lipinski definition) is 2. The SMILES string of the molecule is CC(C)NCCCCOc1cc(F)ccc1F. The third-order valence-corrected chi connectivity index (χ3v) is 2.27. The van der Waals surface area contributed by atoms with E-state index in [0.29, 0.717) is 12.6 Å². The molecule has 2 nitrogen and oxygen atoms in total. The van der Waals surface area contributed by atoms with Gasteiger partial charge < -0.3 is 10.1 Å². The predicted molar refractivity (Wildman–Crippen MR) is 64.2 cm³/mol. The maximum Gasteiger partial charge on any atom is 0.165 e. The lowest BCUT2D eigenvalue weighted by Gasteiger charge is -2.09. The van der Waals surface area contributed by atoms with E-state index in [0.717, 1.165) is 37.6 Å². The number of hydrogen-bond donors (Lipinski definition) is 1. The maximum absolute atomic E-state index is 13.1. The average Bonchev–Trinajstić information content (AvgIpc) is 2.27. The number of halogens is 2. The summed E-state index contributed by atoms with van der Waals surface area (Å²) in [5.41, 5.74) is 0. The molecule has 1 N–H and O–H groups in total. The Hall–Kier alpha value is -1.16. The Balaban J connectivity index is 2.20. The molecule has 0 unspecified atom stereocenters. The van der Waals surface area contributed by atoms with Crippen LogP contribution in [0.5, 0.6) is 5.75 Å². The van der Waals surface area contributed by atoms with Crippen LogP contribution in [0.15, 0.2) is 18.2 Å². The first kappa shape index (κ1) is 13.9. The zero-order valence-electron chi connectivity index (χ0n) is 10.3. The van der Waals surface area contributed by atoms with Crippen molar-refractivity contribution in [2.75, 3.05) is 13.2 Å². The van der Waals surface area contributed by atoms with Crippen LogP contribution in [0.3, 0.4) is 0 Å². The van der Waals surface area contributed by atoms with Gasteiger partial charge in [-0.1, -0.05) is 13.8 Å². The molecule has 0 radical (unpaired) electrons. The summed E-state index contributed by atoms with van der Waals surface area (Å²) in [6.45, 7) is 5.48. The first-order valence-corrected chi connectivity index (χ1v) is 5.91. The Morgan fingerprint density at radius 1 is 1.24 bits per heavy atom. The largest absolute Gasteiger partial charge is 0.490 e. The maximum atomic E-state index is 13.1. The number of nitrogens with one attached hydrogen (secondary N) is 1. The quantitative estimate of drug-likeness (QED) is 0.743. The summed E-state index contributed by atoms with van der Waals surface area (Å²) in [7, 11) is 0. The van der Waals surface area contributed by atoms with Crippen molar-refractivity contribution in [2.45, 2.75) is 32.7 Å². The fourth-order valence-corrected chi connectivity index (χ4v) is 1.39. The van der Waals surface area contributed by atoms with E-state index in [4.69, 9.17) is 4.74 Å². The van der Waals surface area contributed by atoms with Crippen molar-refractivity contribution in [3.63, 3.8) is 0 Å². The molecule has 1 rings (SSSR count). The van der Waals surface area contributed by atoms with Crippen molar-refractivity contribution in [1.29, 1.82) is 0 Å². The average molecular weight is 243 g/mol. The topological polar surface area (TPSA) is 21.3 Å². The van der Waals surface area contributed by atoms with Crippen LogP contribution in [0.1, 0.15) is 26.7 Å². The minimum atomic E-state index is -0.522. The van der Waals surface area contributed by atoms with Crippen LogP contribution in [0.25, 0.3) is 0 Å². The van der Waals surface area contributed by atoms with E-state index < -0.39 is 11.6 Å². The molecule has 1 aromatic rings. The molecule has 96 valence electrons. The Labute approximate surface area is 101 Å². The first-order valence-electron chi connectivity index (χ1n) is 5.91. The second kappa shape index (κ2) is 7.22. The highest BCUT2D eigenvalue weighted by Gasteiger charge is 2.04. The van der Waals surface area contributed by atoms with E-state index in [1.165, 1.54) is 0 Å². The molecule has 0 spiro atoms. The van der Waals surface area contributed by atoms with Gasteiger partial charge in [-0.2, -0.15) is 0 Å². The molecule has 0 bridgehead atoms. The summed E-state index contributed by atoms with van der Waals surface area (Å²) >= 11 is 0. The van der Waals surface area contributed by atoms with Crippen LogP contribution < -0.4 is 10.1 Å². The highest BCUT2D eigenvalue weighted by molar-refractivity contribution is 5.24. The Morgan fingerprint density at radius 2 is 2.00 bits per heavy atom. The van der Waals surface area contributed by atoms with Crippen molar-refractivity contribution >= 4 is 0 Å². The number of benzene rings is 1. The third-order valence-electron chi connectivity index (χ3n) is 2.27. The Bertz CT molecular complexity index is 342. The molecule has 1 aromatic carbocycles. The standard InChI is InChI=1S/C13H19F2NO/c1-10(2)16-7-3-4-8-17-13-9-11(14)5-6-12(13)15/h5-6,9-10,16H,3-4,7-8H2,1-2H3. The normalized spacial score (nSPS) is 10.9. The van der Waals surface area contributed by atoms with E-state index >= 15 is 0 Å². The van der Waals surface area contributed by atoms with Gasteiger partial charge in [0.05, 0.1) is 6.61 Å². The number of unbranched alkanes of at least 4 members (excludes halogenated alkanes) is 1. The summed E-state index contributed by atoms with van der Waals surface area (Å²) in [5, 5.41) is 3.28. The van der Waals surface area contributed by atoms with Gasteiger partial charge in [0.1, 0.15) is 5.82 Å². The lowest BCUT2D eigenvalue weighted by Crippen LogP contribution is -2.23. The summed E-state index contributed by atoms with van der Waals surface area (Å²) < 4.78 is 31.1. The highest BCUT2D eigenvalue weighted by Crippen LogP contribution is 2.18. The predicted octanol–water partition coefficient (Wildman–Crippen LogP) is 3.12. The number of rotatable bonds is 7. The van der Waals surface area contributed by atoms with E-state index in [1.807, 2.05) is 0 Å². The molecule has 0 heterocycles. The van der Waals surface area contributed by atoms with Crippen LogP contribution in [0, 0.1) is 11.6 Å². The van der Waals surface area contributed by atoms with Crippen LogP contribution >= 0.6 is 0 Å². The van der Waals surface area contributed by atoms with Crippen LogP contribution in [-0.4, -0.2) is 19.2 Å². The summed E-state index contributed by atoms with van der Waals surface area (Å²) in [5.74, 6) is -1.02. The molecule has 0 fully saturated rings. The molecule has 0 aliphatic rings. The van der Waals surface area contributed by atoms with Gasteiger partial charge in [0.2, 0.25) is 0 Å².